The topological polar surface area (TPSA) is 65.0 Å². The van der Waals surface area contributed by atoms with Gasteiger partial charge in [-0.1, -0.05) is 90.4 Å². The summed E-state index contributed by atoms with van der Waals surface area (Å²) >= 11 is 0. The number of phosphoric ester groups is 1. The van der Waals surface area contributed by atoms with Crippen molar-refractivity contribution in [2.45, 2.75) is 96.8 Å². The van der Waals surface area contributed by atoms with Crippen LogP contribution in [0.25, 0.3) is 0 Å². The molecule has 0 aromatic rings. The van der Waals surface area contributed by atoms with Crippen molar-refractivity contribution in [2.24, 2.45) is 0 Å². The van der Waals surface area contributed by atoms with E-state index in [2.05, 4.69) is 16.0 Å². The van der Waals surface area contributed by atoms with E-state index in [1.807, 2.05) is 0 Å². The van der Waals surface area contributed by atoms with Crippen LogP contribution in [0, 0.1) is 0 Å². The van der Waals surface area contributed by atoms with Gasteiger partial charge in [-0.2, -0.15) is 0 Å². The molecule has 1 N–H and O–H groups in total. The van der Waals surface area contributed by atoms with Crippen molar-refractivity contribution >= 4 is 7.82 Å². The molecule has 0 amide bonds. The molecule has 1 atom stereocenters. The molecule has 0 rings (SSSR count). The molecule has 0 heterocycles. The van der Waals surface area contributed by atoms with Crippen LogP contribution in [-0.2, 0) is 18.3 Å². The molecule has 0 aliphatic rings. The van der Waals surface area contributed by atoms with Crippen LogP contribution < -0.4 is 0 Å². The largest absolute Gasteiger partial charge is 0.471 e. The average Bonchev–Trinajstić information content (AvgIpc) is 2.60. The third kappa shape index (κ3) is 20.2. The lowest BCUT2D eigenvalue weighted by Gasteiger charge is -2.09. The van der Waals surface area contributed by atoms with Gasteiger partial charge in [0.2, 0.25) is 0 Å². The zero-order chi connectivity index (χ0) is 18.6. The van der Waals surface area contributed by atoms with Gasteiger partial charge >= 0.3 is 7.82 Å². The third-order valence-corrected chi connectivity index (χ3v) is 5.33. The van der Waals surface area contributed by atoms with E-state index in [-0.39, 0.29) is 6.61 Å². The first-order valence-electron chi connectivity index (χ1n) is 10.2. The highest BCUT2D eigenvalue weighted by Gasteiger charge is 2.17. The molecule has 0 aliphatic carbocycles. The van der Waals surface area contributed by atoms with Crippen LogP contribution in [-0.4, -0.2) is 31.8 Å². The third-order valence-electron chi connectivity index (χ3n) is 4.36. The summed E-state index contributed by atoms with van der Waals surface area (Å²) in [5.74, 6) is 0. The summed E-state index contributed by atoms with van der Waals surface area (Å²) in [4.78, 5) is 9.01. The lowest BCUT2D eigenvalue weighted by molar-refractivity contribution is 0.0793. The maximum atomic E-state index is 11.0. The molecule has 0 saturated heterocycles. The Hall–Kier alpha value is 0.0700. The first-order valence-corrected chi connectivity index (χ1v) is 11.7. The Morgan fingerprint density at radius 1 is 0.680 bits per heavy atom. The van der Waals surface area contributed by atoms with Gasteiger partial charge in [-0.05, 0) is 6.42 Å². The van der Waals surface area contributed by atoms with E-state index in [0.29, 0.717) is 13.2 Å². The smallest absolute Gasteiger partial charge is 0.379 e. The van der Waals surface area contributed by atoms with E-state index in [1.54, 1.807) is 0 Å². The van der Waals surface area contributed by atoms with Crippen molar-refractivity contribution < 1.29 is 23.2 Å². The first-order chi connectivity index (χ1) is 12.1. The minimum absolute atomic E-state index is 0.0836. The predicted molar refractivity (Wildman–Crippen MR) is 104 cm³/mol. The molecular formula is C19H41O5P. The van der Waals surface area contributed by atoms with Gasteiger partial charge in [-0.3, -0.25) is 9.05 Å². The normalized spacial score (nSPS) is 13.9. The molecule has 5 nitrogen and oxygen atoms in total. The van der Waals surface area contributed by atoms with Gasteiger partial charge in [-0.25, -0.2) is 4.57 Å². The highest BCUT2D eigenvalue weighted by Crippen LogP contribution is 2.41. The SMILES string of the molecule is CCCCCCCCCCCCCCCCOCCOP(=O)(O)OC. The highest BCUT2D eigenvalue weighted by atomic mass is 31.2. The fourth-order valence-electron chi connectivity index (χ4n) is 2.76. The van der Waals surface area contributed by atoms with Gasteiger partial charge in [0.25, 0.3) is 0 Å². The fraction of sp³-hybridized carbons (Fsp3) is 1.00. The van der Waals surface area contributed by atoms with E-state index in [9.17, 15) is 4.57 Å². The molecule has 0 bridgehead atoms. The number of phosphoric acid groups is 1. The summed E-state index contributed by atoms with van der Waals surface area (Å²) in [6.07, 6.45) is 18.8. The molecule has 6 heteroatoms. The lowest BCUT2D eigenvalue weighted by Crippen LogP contribution is -2.04. The van der Waals surface area contributed by atoms with Crippen LogP contribution in [0.15, 0.2) is 0 Å². The van der Waals surface area contributed by atoms with Gasteiger partial charge in [0, 0.05) is 13.7 Å². The lowest BCUT2D eigenvalue weighted by atomic mass is 10.0. The number of ether oxygens (including phenoxy) is 1. The van der Waals surface area contributed by atoms with Crippen LogP contribution >= 0.6 is 7.82 Å². The molecular weight excluding hydrogens is 339 g/mol. The fourth-order valence-corrected chi connectivity index (χ4v) is 3.18. The maximum absolute atomic E-state index is 11.0. The van der Waals surface area contributed by atoms with Gasteiger partial charge in [-0.15, -0.1) is 0 Å². The van der Waals surface area contributed by atoms with Gasteiger partial charge in [0.1, 0.15) is 0 Å². The number of hydrogen-bond acceptors (Lipinski definition) is 4. The maximum Gasteiger partial charge on any atom is 0.471 e. The van der Waals surface area contributed by atoms with E-state index in [1.165, 1.54) is 83.5 Å². The summed E-state index contributed by atoms with van der Waals surface area (Å²) in [7, 11) is -2.70. The summed E-state index contributed by atoms with van der Waals surface area (Å²) in [6.45, 7) is 3.36. The van der Waals surface area contributed by atoms with E-state index >= 15 is 0 Å². The van der Waals surface area contributed by atoms with Crippen molar-refractivity contribution in [3.05, 3.63) is 0 Å². The molecule has 25 heavy (non-hydrogen) atoms. The van der Waals surface area contributed by atoms with Gasteiger partial charge in [0.15, 0.2) is 0 Å². The Morgan fingerprint density at radius 2 is 1.12 bits per heavy atom. The number of rotatable bonds is 20. The van der Waals surface area contributed by atoms with Gasteiger partial charge < -0.3 is 9.63 Å². The van der Waals surface area contributed by atoms with Crippen molar-refractivity contribution in [1.29, 1.82) is 0 Å². The second-order valence-corrected chi connectivity index (χ2v) is 8.25. The summed E-state index contributed by atoms with van der Waals surface area (Å²) < 4.78 is 25.3. The molecule has 0 aliphatic heterocycles. The molecule has 0 aromatic heterocycles. The molecule has 0 aromatic carbocycles. The van der Waals surface area contributed by atoms with Crippen LogP contribution in [0.1, 0.15) is 96.8 Å². The Labute approximate surface area is 155 Å². The Kier molecular flexibility index (Phi) is 18.9. The van der Waals surface area contributed by atoms with Crippen LogP contribution in [0.2, 0.25) is 0 Å². The number of hydrogen-bond donors (Lipinski definition) is 1. The molecule has 152 valence electrons. The molecule has 0 fully saturated rings. The van der Waals surface area contributed by atoms with Crippen molar-refractivity contribution in [3.63, 3.8) is 0 Å². The second-order valence-electron chi connectivity index (χ2n) is 6.69. The summed E-state index contributed by atoms with van der Waals surface area (Å²) in [5.41, 5.74) is 0. The minimum Gasteiger partial charge on any atom is -0.379 e. The quantitative estimate of drug-likeness (QED) is 0.200. The van der Waals surface area contributed by atoms with Crippen LogP contribution in [0.5, 0.6) is 0 Å². The van der Waals surface area contributed by atoms with E-state index < -0.39 is 7.82 Å². The Balaban J connectivity index is 3.06. The van der Waals surface area contributed by atoms with Crippen molar-refractivity contribution in [2.75, 3.05) is 26.9 Å². The van der Waals surface area contributed by atoms with Crippen molar-refractivity contribution in [1.82, 2.24) is 0 Å². The molecule has 1 unspecified atom stereocenters. The molecule has 0 spiro atoms. The van der Waals surface area contributed by atoms with Crippen LogP contribution in [0.4, 0.5) is 0 Å². The predicted octanol–water partition coefficient (Wildman–Crippen LogP) is 6.25. The Bertz CT molecular complexity index is 312. The molecule has 0 saturated carbocycles. The highest BCUT2D eigenvalue weighted by molar-refractivity contribution is 7.47. The first kappa shape index (κ1) is 25.1. The zero-order valence-corrected chi connectivity index (χ0v) is 17.4. The van der Waals surface area contributed by atoms with E-state index in [4.69, 9.17) is 9.63 Å². The molecule has 0 radical (unpaired) electrons. The minimum atomic E-state index is -3.84. The van der Waals surface area contributed by atoms with Crippen molar-refractivity contribution in [3.8, 4) is 0 Å². The average molecular weight is 381 g/mol. The standard InChI is InChI=1S/C19H41O5P/c1-3-4-5-6-7-8-9-10-11-12-13-14-15-16-17-23-18-19-24-25(20,21)22-2/h3-19H2,1-2H3,(H,20,21). The van der Waals surface area contributed by atoms with Gasteiger partial charge in [0.05, 0.1) is 13.2 Å². The van der Waals surface area contributed by atoms with E-state index in [0.717, 1.165) is 13.5 Å². The Morgan fingerprint density at radius 3 is 1.56 bits per heavy atom. The monoisotopic (exact) mass is 380 g/mol. The second kappa shape index (κ2) is 18.8. The number of unbranched alkanes of at least 4 members (excludes halogenated alkanes) is 13. The summed E-state index contributed by atoms with van der Waals surface area (Å²) in [5, 5.41) is 0. The van der Waals surface area contributed by atoms with Crippen LogP contribution in [0.3, 0.4) is 0 Å². The zero-order valence-electron chi connectivity index (χ0n) is 16.5. The summed E-state index contributed by atoms with van der Waals surface area (Å²) in [6, 6.07) is 0.